The molecule has 1 aromatic heterocycles. The van der Waals surface area contributed by atoms with Crippen molar-refractivity contribution in [2.45, 2.75) is 83.1 Å². The van der Waals surface area contributed by atoms with Crippen LogP contribution in [-0.4, -0.2) is 71.8 Å². The Morgan fingerprint density at radius 2 is 1.64 bits per heavy atom. The van der Waals surface area contributed by atoms with Crippen LogP contribution >= 0.6 is 0 Å². The van der Waals surface area contributed by atoms with E-state index in [0.29, 0.717) is 72.6 Å². The highest BCUT2D eigenvalue weighted by Gasteiger charge is 2.40. The Labute approximate surface area is 371 Å². The second kappa shape index (κ2) is 19.6. The Kier molecular flexibility index (Phi) is 13.7. The molecule has 1 saturated heterocycles. The van der Waals surface area contributed by atoms with Crippen molar-refractivity contribution < 1.29 is 37.1 Å². The zero-order chi connectivity index (χ0) is 45.4. The lowest BCUT2D eigenvalue weighted by Crippen LogP contribution is -2.52. The summed E-state index contributed by atoms with van der Waals surface area (Å²) in [6, 6.07) is 25.8. The van der Waals surface area contributed by atoms with E-state index >= 15 is 0 Å². The monoisotopic (exact) mass is 889 g/mol. The van der Waals surface area contributed by atoms with E-state index in [-0.39, 0.29) is 42.3 Å². The van der Waals surface area contributed by atoms with Gasteiger partial charge in [0.1, 0.15) is 30.0 Å². The largest absolute Gasteiger partial charge is 0.494 e. The third-order valence-corrected chi connectivity index (χ3v) is 12.0. The molecule has 1 fully saturated rings. The van der Waals surface area contributed by atoms with Crippen molar-refractivity contribution in [1.82, 2.24) is 35.5 Å². The predicted molar refractivity (Wildman–Crippen MR) is 240 cm³/mol. The fraction of sp³-hybridized carbons (Fsp3) is 0.304. The maximum atomic E-state index is 13.1. The maximum Gasteiger partial charge on any atom is 0.315 e. The topological polar surface area (TPSA) is 222 Å². The van der Waals surface area contributed by atoms with E-state index in [4.69, 9.17) is 9.47 Å². The van der Waals surface area contributed by atoms with Gasteiger partial charge in [-0.2, -0.15) is 4.98 Å². The molecule has 0 aliphatic carbocycles. The number of carbonyl (C=O) groups excluding carboxylic acids is 4. The van der Waals surface area contributed by atoms with Crippen molar-refractivity contribution in [2.75, 3.05) is 23.8 Å². The predicted octanol–water partition coefficient (Wildman–Crippen LogP) is 5.96. The van der Waals surface area contributed by atoms with Crippen LogP contribution in [0.15, 0.2) is 102 Å². The number of nitrogens with one attached hydrogen (secondary N) is 6. The van der Waals surface area contributed by atoms with Crippen LogP contribution in [-0.2, 0) is 39.3 Å². The van der Waals surface area contributed by atoms with Crippen molar-refractivity contribution in [3.63, 3.8) is 0 Å². The van der Waals surface area contributed by atoms with E-state index in [2.05, 4.69) is 41.3 Å². The molecule has 3 heterocycles. The van der Waals surface area contributed by atoms with Crippen molar-refractivity contribution in [3.05, 3.63) is 125 Å². The van der Waals surface area contributed by atoms with Gasteiger partial charge in [-0.15, -0.1) is 0 Å². The highest BCUT2D eigenvalue weighted by Crippen LogP contribution is 2.34. The normalized spacial score (nSPS) is 15.0. The fourth-order valence-electron chi connectivity index (χ4n) is 7.05. The van der Waals surface area contributed by atoms with Crippen LogP contribution < -0.4 is 40.8 Å². The number of piperidine rings is 1. The summed E-state index contributed by atoms with van der Waals surface area (Å²) in [4.78, 5) is 60.3. The first-order valence-electron chi connectivity index (χ1n) is 20.8. The molecule has 334 valence electrons. The van der Waals surface area contributed by atoms with E-state index in [1.165, 1.54) is 4.90 Å². The van der Waals surface area contributed by atoms with Gasteiger partial charge in [0, 0.05) is 59.3 Å². The minimum absolute atomic E-state index is 0.140. The van der Waals surface area contributed by atoms with Crippen LogP contribution in [0.25, 0.3) is 0 Å². The number of anilines is 4. The van der Waals surface area contributed by atoms with Crippen molar-refractivity contribution in [1.29, 1.82) is 0 Å². The Hall–Kier alpha value is -7.05. The number of nitrogens with zero attached hydrogens (tertiary/aromatic N) is 3. The quantitative estimate of drug-likeness (QED) is 0.0471. The molecule has 0 radical (unpaired) electrons. The van der Waals surface area contributed by atoms with Crippen molar-refractivity contribution in [2.24, 2.45) is 0 Å². The van der Waals surface area contributed by atoms with E-state index in [1.807, 2.05) is 55.5 Å². The van der Waals surface area contributed by atoms with Gasteiger partial charge in [-0.3, -0.25) is 19.7 Å². The number of sulfonamides is 1. The van der Waals surface area contributed by atoms with Gasteiger partial charge in [0.15, 0.2) is 0 Å². The van der Waals surface area contributed by atoms with Gasteiger partial charge in [0.05, 0.1) is 18.0 Å². The summed E-state index contributed by atoms with van der Waals surface area (Å²) in [6.07, 6.45) is 2.74. The van der Waals surface area contributed by atoms with Crippen LogP contribution in [0.1, 0.15) is 72.6 Å². The lowest BCUT2D eigenvalue weighted by molar-refractivity contribution is -0.136. The smallest absolute Gasteiger partial charge is 0.315 e. The Bertz CT molecular complexity index is 2640. The molecule has 0 saturated carbocycles. The number of carbonyl (C=O) groups is 4. The maximum absolute atomic E-state index is 13.1. The summed E-state index contributed by atoms with van der Waals surface area (Å²) >= 11 is 0. The first kappa shape index (κ1) is 45.0. The van der Waals surface area contributed by atoms with Crippen LogP contribution in [0.2, 0.25) is 0 Å². The number of benzene rings is 4. The number of hydrogen-bond donors (Lipinski definition) is 6. The van der Waals surface area contributed by atoms with E-state index in [9.17, 15) is 27.6 Å². The molecule has 2 aliphatic rings. The van der Waals surface area contributed by atoms with Gasteiger partial charge < -0.3 is 35.6 Å². The molecule has 0 bridgehead atoms. The molecule has 64 heavy (non-hydrogen) atoms. The lowest BCUT2D eigenvalue weighted by atomic mass is 10.0. The number of rotatable bonds is 17. The van der Waals surface area contributed by atoms with Crippen LogP contribution in [0.4, 0.5) is 27.9 Å². The second-order valence-electron chi connectivity index (χ2n) is 16.5. The minimum atomic E-state index is -3.72. The van der Waals surface area contributed by atoms with Gasteiger partial charge in [-0.05, 0) is 106 Å². The summed E-state index contributed by atoms with van der Waals surface area (Å²) < 4.78 is 40.4. The molecule has 17 nitrogen and oxygen atoms in total. The molecule has 4 aromatic carbocycles. The molecule has 1 atom stereocenters. The SMILES string of the molecule is Cc1cnc(Nc2ccc(OCCCNC(=O)NCc3ccc(COc4cccc5c4CN([C@H]4CCC(=O)NC4=O)C5=O)cc3)cc2)nc1Nc1cccc(S(=O)(=O)NC(C)(C)C)c1. The molecule has 5 amide bonds. The summed E-state index contributed by atoms with van der Waals surface area (Å²) in [5.41, 5.74) is 4.45. The number of hydrogen-bond acceptors (Lipinski definition) is 12. The second-order valence-corrected chi connectivity index (χ2v) is 18.2. The third kappa shape index (κ3) is 11.7. The summed E-state index contributed by atoms with van der Waals surface area (Å²) in [5.74, 6) is 1.05. The average Bonchev–Trinajstić information content (AvgIpc) is 3.59. The minimum Gasteiger partial charge on any atom is -0.494 e. The van der Waals surface area contributed by atoms with Crippen molar-refractivity contribution in [3.8, 4) is 11.5 Å². The van der Waals surface area contributed by atoms with Crippen LogP contribution in [0.3, 0.4) is 0 Å². The molecule has 5 aromatic rings. The summed E-state index contributed by atoms with van der Waals surface area (Å²) in [5, 5.41) is 14.4. The van der Waals surface area contributed by atoms with Crippen LogP contribution in [0.5, 0.6) is 11.5 Å². The Morgan fingerprint density at radius 1 is 0.891 bits per heavy atom. The number of aryl methyl sites for hydroxylation is 1. The highest BCUT2D eigenvalue weighted by atomic mass is 32.2. The lowest BCUT2D eigenvalue weighted by Gasteiger charge is -2.29. The summed E-state index contributed by atoms with van der Waals surface area (Å²) in [7, 11) is -3.72. The molecule has 6 N–H and O–H groups in total. The first-order valence-corrected chi connectivity index (χ1v) is 22.3. The average molecular weight is 890 g/mol. The Morgan fingerprint density at radius 3 is 2.39 bits per heavy atom. The number of ether oxygens (including phenoxy) is 2. The van der Waals surface area contributed by atoms with Gasteiger partial charge >= 0.3 is 6.03 Å². The number of urea groups is 1. The van der Waals surface area contributed by atoms with Crippen LogP contribution in [0, 0.1) is 6.92 Å². The standard InChI is InChI=1S/C46H51N9O8S/c1-29-25-48-44(53-41(29)50-33-8-5-9-35(24-33)64(60,61)54-46(2,3)4)51-32-16-18-34(19-17-32)62-23-7-22-47-45(59)49-26-30-12-14-31(15-13-30)28-63-39-11-6-10-36-37(39)27-55(43(36)58)38-20-21-40(56)52-42(38)57/h5-6,8-19,24-25,38,54H,7,20-23,26-28H2,1-4H3,(H2,47,49,59)(H,52,56,57)(H2,48,50,51,53)/t38-/m0/s1. The molecule has 7 rings (SSSR count). The van der Waals surface area contributed by atoms with Gasteiger partial charge in [-0.1, -0.05) is 36.4 Å². The van der Waals surface area contributed by atoms with E-state index in [1.54, 1.807) is 69.4 Å². The summed E-state index contributed by atoms with van der Waals surface area (Å²) in [6.45, 7) is 8.83. The Balaban J connectivity index is 0.797. The molecule has 0 unspecified atom stereocenters. The van der Waals surface area contributed by atoms with Gasteiger partial charge in [0.2, 0.25) is 27.8 Å². The molecule has 2 aliphatic heterocycles. The fourth-order valence-corrected chi connectivity index (χ4v) is 8.51. The zero-order valence-corrected chi connectivity index (χ0v) is 36.8. The first-order chi connectivity index (χ1) is 30.6. The zero-order valence-electron chi connectivity index (χ0n) is 36.0. The third-order valence-electron chi connectivity index (χ3n) is 10.2. The van der Waals surface area contributed by atoms with Gasteiger partial charge in [0.25, 0.3) is 5.91 Å². The molecule has 0 spiro atoms. The molecule has 18 heteroatoms. The number of aromatic nitrogens is 2. The number of imide groups is 1. The van der Waals surface area contributed by atoms with Gasteiger partial charge in [-0.25, -0.2) is 22.9 Å². The van der Waals surface area contributed by atoms with E-state index < -0.39 is 27.5 Å². The molecular weight excluding hydrogens is 839 g/mol. The van der Waals surface area contributed by atoms with Crippen molar-refractivity contribution >= 4 is 56.9 Å². The number of fused-ring (bicyclic) bond motifs is 1. The molecular formula is C46H51N9O8S. The number of amides is 5. The highest BCUT2D eigenvalue weighted by molar-refractivity contribution is 7.89. The van der Waals surface area contributed by atoms with E-state index in [0.717, 1.165) is 22.4 Å².